The van der Waals surface area contributed by atoms with Gasteiger partial charge in [0.05, 0.1) is 26.9 Å². The maximum atomic E-state index is 12.7. The van der Waals surface area contributed by atoms with Gasteiger partial charge in [-0.1, -0.05) is 6.92 Å². The molecule has 0 radical (unpaired) electrons. The van der Waals surface area contributed by atoms with Gasteiger partial charge in [0.2, 0.25) is 0 Å². The van der Waals surface area contributed by atoms with Crippen LogP contribution >= 0.6 is 12.2 Å². The van der Waals surface area contributed by atoms with Crippen molar-refractivity contribution >= 4 is 28.2 Å². The van der Waals surface area contributed by atoms with Crippen LogP contribution in [-0.4, -0.2) is 72.4 Å². The van der Waals surface area contributed by atoms with Crippen molar-refractivity contribution < 1.29 is 9.47 Å². The molecule has 2 aromatic rings. The topological polar surface area (TPSA) is 69.8 Å². The number of H-pyrrole nitrogens is 1. The Bertz CT molecular complexity index is 911. The number of hydrogen-bond acceptors (Lipinski definition) is 5. The number of hydrogen-bond donors (Lipinski definition) is 2. The molecule has 1 aromatic carbocycles. The predicted octanol–water partition coefficient (Wildman–Crippen LogP) is 2.34. The molecule has 0 saturated carbocycles. The summed E-state index contributed by atoms with van der Waals surface area (Å²) in [6, 6.07) is 7.86. The van der Waals surface area contributed by atoms with Crippen molar-refractivity contribution in [3.63, 3.8) is 0 Å². The number of benzene rings is 1. The zero-order valence-electron chi connectivity index (χ0n) is 18.1. The lowest BCUT2D eigenvalue weighted by Crippen LogP contribution is -2.48. The van der Waals surface area contributed by atoms with Crippen LogP contribution in [0, 0.1) is 0 Å². The number of rotatable bonds is 8. The zero-order chi connectivity index (χ0) is 21.5. The largest absolute Gasteiger partial charge is 0.497 e. The Balaban J connectivity index is 1.80. The number of morpholine rings is 1. The first-order valence-electron chi connectivity index (χ1n) is 10.6. The molecule has 2 N–H and O–H groups in total. The summed E-state index contributed by atoms with van der Waals surface area (Å²) in [4.78, 5) is 20.2. The fraction of sp³-hybridized carbons (Fsp3) is 0.545. The molecule has 0 unspecified atom stereocenters. The monoisotopic (exact) mass is 432 g/mol. The highest BCUT2D eigenvalue weighted by Crippen LogP contribution is 2.19. The fourth-order valence-corrected chi connectivity index (χ4v) is 3.78. The average Bonchev–Trinajstić information content (AvgIpc) is 2.77. The molecule has 2 heterocycles. The minimum atomic E-state index is -0.0876. The number of nitrogens with one attached hydrogen (secondary N) is 2. The lowest BCUT2D eigenvalue weighted by atomic mass is 10.1. The molecule has 0 aliphatic carbocycles. The van der Waals surface area contributed by atoms with Gasteiger partial charge in [0, 0.05) is 48.7 Å². The standard InChI is InChI=1S/C22H32N4O3S/c1-4-16(2)23-22(30)26(8-7-25-9-11-29-12-10-25)15-18-13-17-14-19(28-3)5-6-20(17)24-21(18)27/h5-6,13-14,16H,4,7-12,15H2,1-3H3,(H,23,30)(H,24,27)/t16-/m0/s1. The van der Waals surface area contributed by atoms with Gasteiger partial charge in [-0.25, -0.2) is 0 Å². The second kappa shape index (κ2) is 10.7. The first kappa shape index (κ1) is 22.5. The fourth-order valence-electron chi connectivity index (χ4n) is 3.42. The Hall–Kier alpha value is -2.16. The van der Waals surface area contributed by atoms with Crippen molar-refractivity contribution in [2.24, 2.45) is 0 Å². The number of nitrogens with zero attached hydrogens (tertiary/aromatic N) is 2. The number of thiocarbonyl (C=S) groups is 1. The van der Waals surface area contributed by atoms with Crippen molar-refractivity contribution in [1.82, 2.24) is 20.1 Å². The van der Waals surface area contributed by atoms with Gasteiger partial charge in [0.1, 0.15) is 5.75 Å². The molecule has 1 aromatic heterocycles. The molecule has 1 fully saturated rings. The minimum Gasteiger partial charge on any atom is -0.497 e. The number of fused-ring (bicyclic) bond motifs is 1. The maximum Gasteiger partial charge on any atom is 0.253 e. The molecule has 164 valence electrons. The Morgan fingerprint density at radius 2 is 2.13 bits per heavy atom. The third-order valence-electron chi connectivity index (χ3n) is 5.55. The van der Waals surface area contributed by atoms with Gasteiger partial charge in [-0.2, -0.15) is 0 Å². The average molecular weight is 433 g/mol. The van der Waals surface area contributed by atoms with Gasteiger partial charge in [0.25, 0.3) is 5.56 Å². The maximum absolute atomic E-state index is 12.7. The molecule has 0 spiro atoms. The van der Waals surface area contributed by atoms with Crippen molar-refractivity contribution in [3.05, 3.63) is 40.2 Å². The summed E-state index contributed by atoms with van der Waals surface area (Å²) >= 11 is 5.70. The normalized spacial score (nSPS) is 15.7. The van der Waals surface area contributed by atoms with E-state index in [0.29, 0.717) is 17.2 Å². The lowest BCUT2D eigenvalue weighted by Gasteiger charge is -2.32. The van der Waals surface area contributed by atoms with Crippen LogP contribution in [0.25, 0.3) is 10.9 Å². The Labute approximate surface area is 183 Å². The highest BCUT2D eigenvalue weighted by Gasteiger charge is 2.17. The molecule has 1 atom stereocenters. The molecular weight excluding hydrogens is 400 g/mol. The SMILES string of the molecule is CC[C@H](C)NC(=S)N(CCN1CCOCC1)Cc1cc2cc(OC)ccc2[nH]c1=O. The lowest BCUT2D eigenvalue weighted by molar-refractivity contribution is 0.0357. The quantitative estimate of drug-likeness (QED) is 0.621. The van der Waals surface area contributed by atoms with E-state index in [-0.39, 0.29) is 11.6 Å². The summed E-state index contributed by atoms with van der Waals surface area (Å²) in [6.07, 6.45) is 0.980. The minimum absolute atomic E-state index is 0.0876. The molecule has 1 aliphatic rings. The van der Waals surface area contributed by atoms with Gasteiger partial charge >= 0.3 is 0 Å². The van der Waals surface area contributed by atoms with Crippen LogP contribution in [0.3, 0.4) is 0 Å². The van der Waals surface area contributed by atoms with Crippen LogP contribution in [0.5, 0.6) is 5.75 Å². The Kier molecular flexibility index (Phi) is 8.07. The second-order valence-corrected chi connectivity index (χ2v) is 8.10. The number of pyridine rings is 1. The van der Waals surface area contributed by atoms with Crippen molar-refractivity contribution in [3.8, 4) is 5.75 Å². The number of aromatic amines is 1. The summed E-state index contributed by atoms with van der Waals surface area (Å²) in [5, 5.41) is 5.02. The van der Waals surface area contributed by atoms with Gasteiger partial charge in [-0.05, 0) is 49.8 Å². The summed E-state index contributed by atoms with van der Waals surface area (Å²) in [5.41, 5.74) is 1.39. The number of ether oxygens (including phenoxy) is 2. The van der Waals surface area contributed by atoms with E-state index in [1.807, 2.05) is 24.3 Å². The van der Waals surface area contributed by atoms with Crippen LogP contribution in [0.4, 0.5) is 0 Å². The second-order valence-electron chi connectivity index (χ2n) is 7.71. The van der Waals surface area contributed by atoms with E-state index in [4.69, 9.17) is 21.7 Å². The molecule has 0 bridgehead atoms. The van der Waals surface area contributed by atoms with Gasteiger partial charge in [0.15, 0.2) is 5.11 Å². The summed E-state index contributed by atoms with van der Waals surface area (Å²) in [6.45, 7) is 9.70. The Morgan fingerprint density at radius 1 is 1.37 bits per heavy atom. The van der Waals surface area contributed by atoms with E-state index < -0.39 is 0 Å². The third kappa shape index (κ3) is 5.93. The molecule has 0 amide bonds. The van der Waals surface area contributed by atoms with Crippen LogP contribution in [0.1, 0.15) is 25.8 Å². The molecule has 7 nitrogen and oxygen atoms in total. The van der Waals surface area contributed by atoms with Crippen LogP contribution < -0.4 is 15.6 Å². The highest BCUT2D eigenvalue weighted by atomic mass is 32.1. The highest BCUT2D eigenvalue weighted by molar-refractivity contribution is 7.80. The molecule has 8 heteroatoms. The summed E-state index contributed by atoms with van der Waals surface area (Å²) in [5.74, 6) is 0.763. The third-order valence-corrected chi connectivity index (χ3v) is 5.92. The molecule has 30 heavy (non-hydrogen) atoms. The van der Waals surface area contributed by atoms with E-state index in [1.54, 1.807) is 7.11 Å². The first-order chi connectivity index (χ1) is 14.5. The van der Waals surface area contributed by atoms with E-state index >= 15 is 0 Å². The number of methoxy groups -OCH3 is 1. The van der Waals surface area contributed by atoms with E-state index in [9.17, 15) is 4.79 Å². The van der Waals surface area contributed by atoms with Crippen LogP contribution in [0.2, 0.25) is 0 Å². The van der Waals surface area contributed by atoms with Crippen LogP contribution in [-0.2, 0) is 11.3 Å². The molecule has 1 saturated heterocycles. The Morgan fingerprint density at radius 3 is 2.83 bits per heavy atom. The smallest absolute Gasteiger partial charge is 0.253 e. The van der Waals surface area contributed by atoms with Gasteiger partial charge in [-0.3, -0.25) is 9.69 Å². The van der Waals surface area contributed by atoms with E-state index in [2.05, 4.69) is 33.9 Å². The molecule has 1 aliphatic heterocycles. The number of aromatic nitrogens is 1. The zero-order valence-corrected chi connectivity index (χ0v) is 18.9. The van der Waals surface area contributed by atoms with E-state index in [1.165, 1.54) is 0 Å². The van der Waals surface area contributed by atoms with Crippen molar-refractivity contribution in [2.45, 2.75) is 32.9 Å². The van der Waals surface area contributed by atoms with Gasteiger partial charge < -0.3 is 24.7 Å². The molecular formula is C22H32N4O3S. The van der Waals surface area contributed by atoms with Crippen molar-refractivity contribution in [1.29, 1.82) is 0 Å². The summed E-state index contributed by atoms with van der Waals surface area (Å²) < 4.78 is 10.8. The van der Waals surface area contributed by atoms with Crippen LogP contribution in [0.15, 0.2) is 29.1 Å². The van der Waals surface area contributed by atoms with E-state index in [0.717, 1.165) is 62.5 Å². The first-order valence-corrected chi connectivity index (χ1v) is 11.0. The van der Waals surface area contributed by atoms with Gasteiger partial charge in [-0.15, -0.1) is 0 Å². The summed E-state index contributed by atoms with van der Waals surface area (Å²) in [7, 11) is 1.64. The molecule has 3 rings (SSSR count). The predicted molar refractivity (Wildman–Crippen MR) is 124 cm³/mol. The van der Waals surface area contributed by atoms with Crippen molar-refractivity contribution in [2.75, 3.05) is 46.5 Å².